The minimum atomic E-state index is -0.879. The molecule has 2 aliphatic heterocycles. The first-order valence-electron chi connectivity index (χ1n) is 14.9. The van der Waals surface area contributed by atoms with Crippen molar-refractivity contribution in [1.29, 1.82) is 0 Å². The number of esters is 1. The maximum Gasteiger partial charge on any atom is 0.342 e. The number of aliphatic hydroxyl groups excluding tert-OH is 1. The average molecular weight is 600 g/mol. The summed E-state index contributed by atoms with van der Waals surface area (Å²) < 4.78 is 35.1. The van der Waals surface area contributed by atoms with E-state index in [1.54, 1.807) is 24.5 Å². The number of methoxy groups -OCH3 is 1. The predicted molar refractivity (Wildman–Crippen MR) is 161 cm³/mol. The number of hydrogen-bond donors (Lipinski definition) is 3. The van der Waals surface area contributed by atoms with Crippen LogP contribution >= 0.6 is 0 Å². The monoisotopic (exact) mass is 599 g/mol. The third-order valence-electron chi connectivity index (χ3n) is 7.38. The summed E-state index contributed by atoms with van der Waals surface area (Å²) in [4.78, 5) is 20.8. The SMILES string of the molecule is COCOc1cc(OCCCCNCc2ncc[nH]2)cc2c1C(=O)O[C@@H](C)[C@H](C)/C=C\C(O)C1OC(C)(C)O[C@H]1C/C=C/2. The molecular formula is C32H45N3O8. The Kier molecular flexibility index (Phi) is 11.8. The van der Waals surface area contributed by atoms with Crippen LogP contribution in [0, 0.1) is 5.92 Å². The normalized spacial score (nSPS) is 26.9. The van der Waals surface area contributed by atoms with Crippen molar-refractivity contribution in [2.24, 2.45) is 5.92 Å². The van der Waals surface area contributed by atoms with Crippen molar-refractivity contribution in [2.75, 3.05) is 27.1 Å². The number of nitrogens with one attached hydrogen (secondary N) is 2. The van der Waals surface area contributed by atoms with Crippen molar-refractivity contribution in [2.45, 2.75) is 83.7 Å². The number of carbonyl (C=O) groups is 1. The molecule has 11 heteroatoms. The lowest BCUT2D eigenvalue weighted by Gasteiger charge is -2.23. The van der Waals surface area contributed by atoms with Gasteiger partial charge in [0.05, 0.1) is 19.3 Å². The van der Waals surface area contributed by atoms with Crippen molar-refractivity contribution in [3.63, 3.8) is 0 Å². The number of rotatable bonds is 11. The Morgan fingerprint density at radius 2 is 2.00 bits per heavy atom. The molecule has 4 rings (SSSR count). The number of carbonyl (C=O) groups excluding carboxylic acids is 1. The van der Waals surface area contributed by atoms with Gasteiger partial charge in [-0.05, 0) is 58.2 Å². The maximum atomic E-state index is 13.6. The lowest BCUT2D eigenvalue weighted by Crippen LogP contribution is -2.34. The number of nitrogens with zero attached hydrogens (tertiary/aromatic N) is 1. The number of aromatic nitrogens is 2. The lowest BCUT2D eigenvalue weighted by molar-refractivity contribution is -0.152. The van der Waals surface area contributed by atoms with Crippen LogP contribution in [-0.2, 0) is 25.5 Å². The Morgan fingerprint density at radius 3 is 2.77 bits per heavy atom. The van der Waals surface area contributed by atoms with Gasteiger partial charge in [-0.1, -0.05) is 31.2 Å². The van der Waals surface area contributed by atoms with Gasteiger partial charge in [0.25, 0.3) is 0 Å². The summed E-state index contributed by atoms with van der Waals surface area (Å²) >= 11 is 0. The first-order valence-corrected chi connectivity index (χ1v) is 14.9. The van der Waals surface area contributed by atoms with Crippen molar-refractivity contribution < 1.29 is 38.3 Å². The fourth-order valence-corrected chi connectivity index (χ4v) is 4.98. The quantitative estimate of drug-likeness (QED) is 0.148. The Balaban J connectivity index is 1.54. The Morgan fingerprint density at radius 1 is 1.16 bits per heavy atom. The smallest absolute Gasteiger partial charge is 0.342 e. The summed E-state index contributed by atoms with van der Waals surface area (Å²) in [7, 11) is 1.52. The number of benzene rings is 1. The van der Waals surface area contributed by atoms with Crippen molar-refractivity contribution >= 4 is 12.0 Å². The van der Waals surface area contributed by atoms with Gasteiger partial charge in [0, 0.05) is 31.5 Å². The van der Waals surface area contributed by atoms with Crippen LogP contribution in [0.5, 0.6) is 11.5 Å². The van der Waals surface area contributed by atoms with Crippen LogP contribution in [-0.4, -0.2) is 78.3 Å². The molecule has 0 radical (unpaired) electrons. The fourth-order valence-electron chi connectivity index (χ4n) is 4.98. The molecule has 11 nitrogen and oxygen atoms in total. The van der Waals surface area contributed by atoms with E-state index in [2.05, 4.69) is 15.3 Å². The van der Waals surface area contributed by atoms with Crippen molar-refractivity contribution in [3.8, 4) is 11.5 Å². The van der Waals surface area contributed by atoms with E-state index in [-0.39, 0.29) is 24.4 Å². The first kappa shape index (κ1) is 32.7. The van der Waals surface area contributed by atoms with Crippen LogP contribution < -0.4 is 14.8 Å². The summed E-state index contributed by atoms with van der Waals surface area (Å²) in [6.45, 7) is 9.36. The van der Waals surface area contributed by atoms with Crippen LogP contribution in [0.2, 0.25) is 0 Å². The molecule has 0 spiro atoms. The van der Waals surface area contributed by atoms with Gasteiger partial charge in [-0.15, -0.1) is 0 Å². The lowest BCUT2D eigenvalue weighted by atomic mass is 9.99. The van der Waals surface area contributed by atoms with Crippen LogP contribution in [0.4, 0.5) is 0 Å². The molecule has 0 amide bonds. The summed E-state index contributed by atoms with van der Waals surface area (Å²) in [6, 6.07) is 3.51. The van der Waals surface area contributed by atoms with Crippen LogP contribution in [0.1, 0.15) is 68.7 Å². The molecule has 3 heterocycles. The predicted octanol–water partition coefficient (Wildman–Crippen LogP) is 4.38. The number of unbranched alkanes of at least 4 members (excludes halogenated alkanes) is 1. The van der Waals surface area contributed by atoms with Gasteiger partial charge < -0.3 is 43.8 Å². The molecule has 43 heavy (non-hydrogen) atoms. The molecule has 236 valence electrons. The minimum absolute atomic E-state index is 0.0508. The summed E-state index contributed by atoms with van der Waals surface area (Å²) in [5, 5.41) is 14.3. The zero-order valence-corrected chi connectivity index (χ0v) is 25.7. The number of ether oxygens (including phenoxy) is 6. The van der Waals surface area contributed by atoms with E-state index >= 15 is 0 Å². The number of aliphatic hydroxyl groups is 1. The first-order chi connectivity index (χ1) is 20.7. The Labute approximate surface area is 253 Å². The number of hydrogen-bond acceptors (Lipinski definition) is 10. The molecule has 1 aromatic heterocycles. The molecule has 0 saturated carbocycles. The van der Waals surface area contributed by atoms with E-state index in [1.165, 1.54) is 7.11 Å². The number of cyclic esters (lactones) is 1. The number of fused-ring (bicyclic) bond motifs is 2. The second-order valence-corrected chi connectivity index (χ2v) is 11.3. The van der Waals surface area contributed by atoms with E-state index in [0.29, 0.717) is 36.6 Å². The largest absolute Gasteiger partial charge is 0.493 e. The Bertz CT molecular complexity index is 1230. The highest BCUT2D eigenvalue weighted by Crippen LogP contribution is 2.35. The van der Waals surface area contributed by atoms with E-state index in [1.807, 2.05) is 52.0 Å². The Hall–Kier alpha value is -3.22. The van der Waals surface area contributed by atoms with Crippen LogP contribution in [0.15, 0.2) is 42.8 Å². The van der Waals surface area contributed by atoms with Gasteiger partial charge in [0.1, 0.15) is 41.2 Å². The van der Waals surface area contributed by atoms with Crippen LogP contribution in [0.3, 0.4) is 0 Å². The molecule has 1 fully saturated rings. The van der Waals surface area contributed by atoms with Gasteiger partial charge in [-0.3, -0.25) is 0 Å². The minimum Gasteiger partial charge on any atom is -0.493 e. The third kappa shape index (κ3) is 9.38. The molecule has 1 saturated heterocycles. The summed E-state index contributed by atoms with van der Waals surface area (Å²) in [5.74, 6) is 0.239. The third-order valence-corrected chi connectivity index (χ3v) is 7.38. The zero-order valence-electron chi connectivity index (χ0n) is 25.7. The van der Waals surface area contributed by atoms with Crippen molar-refractivity contribution in [3.05, 3.63) is 59.7 Å². The molecule has 5 atom stereocenters. The zero-order chi connectivity index (χ0) is 30.8. The van der Waals surface area contributed by atoms with Gasteiger partial charge >= 0.3 is 5.97 Å². The highest BCUT2D eigenvalue weighted by Gasteiger charge is 2.43. The molecule has 0 bridgehead atoms. The fraction of sp³-hybridized carbons (Fsp3) is 0.562. The van der Waals surface area contributed by atoms with Gasteiger partial charge in [0.2, 0.25) is 0 Å². The standard InChI is InChI=1S/C32H45N3O8/c1-21-11-12-25(36)30-26(42-32(3,4)43-30)10-8-9-23-17-24(39-16-7-6-13-33-19-28-34-14-15-35-28)18-27(40-20-38-5)29(23)31(37)41-22(21)2/h8-9,11-12,14-15,17-18,21-22,25-26,30,33,36H,6-7,10,13,16,19-20H2,1-5H3,(H,34,35)/b9-8+,12-11-/t21-,22+,25?,26+,30?/m1/s1. The summed E-state index contributed by atoms with van der Waals surface area (Å²) in [5.41, 5.74) is 0.861. The molecule has 2 aromatic rings. The van der Waals surface area contributed by atoms with E-state index in [9.17, 15) is 9.90 Å². The number of imidazole rings is 1. The molecule has 1 aromatic carbocycles. The second-order valence-electron chi connectivity index (χ2n) is 11.3. The highest BCUT2D eigenvalue weighted by molar-refractivity contribution is 5.97. The number of H-pyrrole nitrogens is 1. The van der Waals surface area contributed by atoms with Gasteiger partial charge in [0.15, 0.2) is 12.6 Å². The molecule has 2 unspecified atom stereocenters. The number of aromatic amines is 1. The molecule has 3 N–H and O–H groups in total. The highest BCUT2D eigenvalue weighted by atomic mass is 16.8. The molecule has 0 aliphatic carbocycles. The van der Waals surface area contributed by atoms with Crippen molar-refractivity contribution in [1.82, 2.24) is 15.3 Å². The average Bonchev–Trinajstić information content (AvgIpc) is 3.60. The van der Waals surface area contributed by atoms with Gasteiger partial charge in [-0.2, -0.15) is 0 Å². The maximum absolute atomic E-state index is 13.6. The van der Waals surface area contributed by atoms with E-state index in [4.69, 9.17) is 28.4 Å². The molecular weight excluding hydrogens is 554 g/mol. The van der Waals surface area contributed by atoms with E-state index < -0.39 is 30.1 Å². The molecule has 2 aliphatic rings. The topological polar surface area (TPSA) is 133 Å². The second kappa shape index (κ2) is 15.5. The summed E-state index contributed by atoms with van der Waals surface area (Å²) in [6.07, 6.45) is 10.7. The van der Waals surface area contributed by atoms with Crippen LogP contribution in [0.25, 0.3) is 6.08 Å². The van der Waals surface area contributed by atoms with E-state index in [0.717, 1.165) is 25.2 Å². The van der Waals surface area contributed by atoms with Gasteiger partial charge in [-0.25, -0.2) is 9.78 Å².